The minimum absolute atomic E-state index is 0.332. The predicted octanol–water partition coefficient (Wildman–Crippen LogP) is 4.10. The highest BCUT2D eigenvalue weighted by Gasteiger charge is 2.12. The zero-order chi connectivity index (χ0) is 11.4. The summed E-state index contributed by atoms with van der Waals surface area (Å²) in [6.07, 6.45) is 2.29. The Hall–Kier alpha value is -1.24. The molecule has 0 fully saturated rings. The highest BCUT2D eigenvalue weighted by Crippen LogP contribution is 2.28. The van der Waals surface area contributed by atoms with Crippen molar-refractivity contribution in [3.63, 3.8) is 0 Å². The third-order valence-corrected chi connectivity index (χ3v) is 2.51. The van der Waals surface area contributed by atoms with Crippen LogP contribution < -0.4 is 0 Å². The Bertz CT molecular complexity index is 329. The maximum Gasteiger partial charge on any atom is 0.115 e. The first kappa shape index (κ1) is 11.8. The lowest BCUT2D eigenvalue weighted by Gasteiger charge is -2.18. The first-order chi connectivity index (χ1) is 7.00. The molecule has 1 N–H and O–H groups in total. The van der Waals surface area contributed by atoms with Gasteiger partial charge in [-0.2, -0.15) is 0 Å². The van der Waals surface area contributed by atoms with Gasteiger partial charge in [0.25, 0.3) is 0 Å². The second kappa shape index (κ2) is 5.01. The quantitative estimate of drug-likeness (QED) is 0.735. The number of phenolic OH excluding ortho intramolecular Hbond substituents is 1. The molecule has 1 nitrogen and oxygen atoms in total. The number of rotatable bonds is 3. The Balaban J connectivity index is 2.99. The Morgan fingerprint density at radius 3 is 2.07 bits per heavy atom. The molecule has 0 aliphatic rings. The van der Waals surface area contributed by atoms with Gasteiger partial charge in [0.15, 0.2) is 0 Å². The third kappa shape index (κ3) is 3.43. The maximum absolute atomic E-state index is 9.24. The first-order valence-corrected chi connectivity index (χ1v) is 5.44. The minimum atomic E-state index is 0.332. The average Bonchev–Trinajstić information content (AvgIpc) is 2.15. The van der Waals surface area contributed by atoms with Gasteiger partial charge in [-0.15, -0.1) is 0 Å². The van der Waals surface area contributed by atoms with Gasteiger partial charge in [-0.3, -0.25) is 0 Å². The lowest BCUT2D eigenvalue weighted by atomic mass is 9.87. The van der Waals surface area contributed by atoms with Crippen LogP contribution in [0.4, 0.5) is 0 Å². The van der Waals surface area contributed by atoms with E-state index >= 15 is 0 Å². The average molecular weight is 204 g/mol. The standard InChI is InChI=1S/C14H20O/c1-10(2)9-14(11(3)4)12-5-7-13(15)8-6-12/h5-9,11,14-15H,1-4H3. The molecule has 0 spiro atoms. The molecule has 1 atom stereocenters. The fourth-order valence-corrected chi connectivity index (χ4v) is 1.73. The van der Waals surface area contributed by atoms with Crippen molar-refractivity contribution < 1.29 is 5.11 Å². The molecule has 0 saturated carbocycles. The molecule has 1 aromatic rings. The van der Waals surface area contributed by atoms with Crippen molar-refractivity contribution >= 4 is 0 Å². The summed E-state index contributed by atoms with van der Waals surface area (Å²) >= 11 is 0. The molecule has 0 aromatic heterocycles. The van der Waals surface area contributed by atoms with E-state index in [0.29, 0.717) is 17.6 Å². The van der Waals surface area contributed by atoms with Crippen LogP contribution in [0, 0.1) is 5.92 Å². The van der Waals surface area contributed by atoms with Gasteiger partial charge in [0.05, 0.1) is 0 Å². The Labute approximate surface area is 92.5 Å². The maximum atomic E-state index is 9.24. The van der Waals surface area contributed by atoms with Crippen LogP contribution in [0.5, 0.6) is 5.75 Å². The smallest absolute Gasteiger partial charge is 0.115 e. The number of aromatic hydroxyl groups is 1. The van der Waals surface area contributed by atoms with Crippen molar-refractivity contribution in [1.82, 2.24) is 0 Å². The molecule has 1 rings (SSSR count). The summed E-state index contributed by atoms with van der Waals surface area (Å²) in [6, 6.07) is 7.51. The number of phenols is 1. The summed E-state index contributed by atoms with van der Waals surface area (Å²) in [5, 5.41) is 9.24. The fourth-order valence-electron chi connectivity index (χ4n) is 1.73. The highest BCUT2D eigenvalue weighted by molar-refractivity contribution is 5.31. The van der Waals surface area contributed by atoms with Crippen molar-refractivity contribution in [1.29, 1.82) is 0 Å². The molecular weight excluding hydrogens is 184 g/mol. The topological polar surface area (TPSA) is 20.2 Å². The van der Waals surface area contributed by atoms with Crippen molar-refractivity contribution in [3.8, 4) is 5.75 Å². The largest absolute Gasteiger partial charge is 0.508 e. The molecule has 1 unspecified atom stereocenters. The number of benzene rings is 1. The van der Waals surface area contributed by atoms with Gasteiger partial charge in [0, 0.05) is 5.92 Å². The van der Waals surface area contributed by atoms with Crippen LogP contribution in [0.1, 0.15) is 39.2 Å². The third-order valence-electron chi connectivity index (χ3n) is 2.51. The summed E-state index contributed by atoms with van der Waals surface area (Å²) in [7, 11) is 0. The SMILES string of the molecule is CC(C)=CC(c1ccc(O)cc1)C(C)C. The van der Waals surface area contributed by atoms with Crippen LogP contribution >= 0.6 is 0 Å². The van der Waals surface area contributed by atoms with E-state index in [1.54, 1.807) is 12.1 Å². The van der Waals surface area contributed by atoms with Gasteiger partial charge in [0.2, 0.25) is 0 Å². The molecule has 0 saturated heterocycles. The van der Waals surface area contributed by atoms with E-state index in [0.717, 1.165) is 0 Å². The van der Waals surface area contributed by atoms with Crippen molar-refractivity contribution in [2.24, 2.45) is 5.92 Å². The zero-order valence-corrected chi connectivity index (χ0v) is 9.99. The van der Waals surface area contributed by atoms with Gasteiger partial charge in [-0.05, 0) is 37.5 Å². The van der Waals surface area contributed by atoms with Crippen molar-refractivity contribution in [3.05, 3.63) is 41.5 Å². The van der Waals surface area contributed by atoms with Gasteiger partial charge >= 0.3 is 0 Å². The van der Waals surface area contributed by atoms with Gasteiger partial charge in [-0.25, -0.2) is 0 Å². The van der Waals surface area contributed by atoms with E-state index in [-0.39, 0.29) is 0 Å². The first-order valence-electron chi connectivity index (χ1n) is 5.44. The molecule has 0 aliphatic heterocycles. The highest BCUT2D eigenvalue weighted by atomic mass is 16.3. The minimum Gasteiger partial charge on any atom is -0.508 e. The molecular formula is C14H20O. The zero-order valence-electron chi connectivity index (χ0n) is 9.99. The van der Waals surface area contributed by atoms with E-state index in [4.69, 9.17) is 0 Å². The second-order valence-electron chi connectivity index (χ2n) is 4.61. The van der Waals surface area contributed by atoms with Crippen LogP contribution in [0.3, 0.4) is 0 Å². The molecule has 0 radical (unpaired) electrons. The molecule has 15 heavy (non-hydrogen) atoms. The van der Waals surface area contributed by atoms with Crippen molar-refractivity contribution in [2.45, 2.75) is 33.6 Å². The Kier molecular flexibility index (Phi) is 3.96. The van der Waals surface area contributed by atoms with Crippen LogP contribution in [-0.4, -0.2) is 5.11 Å². The van der Waals surface area contributed by atoms with Crippen LogP contribution in [0.15, 0.2) is 35.9 Å². The normalized spacial score (nSPS) is 12.6. The molecule has 0 heterocycles. The van der Waals surface area contributed by atoms with E-state index in [1.165, 1.54) is 11.1 Å². The van der Waals surface area contributed by atoms with E-state index in [2.05, 4.69) is 33.8 Å². The summed E-state index contributed by atoms with van der Waals surface area (Å²) in [5.74, 6) is 1.35. The lowest BCUT2D eigenvalue weighted by Crippen LogP contribution is -2.04. The lowest BCUT2D eigenvalue weighted by molar-refractivity contribution is 0.474. The number of hydrogen-bond donors (Lipinski definition) is 1. The van der Waals surface area contributed by atoms with Crippen LogP contribution in [0.2, 0.25) is 0 Å². The fraction of sp³-hybridized carbons (Fsp3) is 0.429. The summed E-state index contributed by atoms with van der Waals surface area (Å²) in [6.45, 7) is 8.68. The summed E-state index contributed by atoms with van der Waals surface area (Å²) in [5.41, 5.74) is 2.60. The summed E-state index contributed by atoms with van der Waals surface area (Å²) in [4.78, 5) is 0. The predicted molar refractivity (Wildman–Crippen MR) is 65.1 cm³/mol. The molecule has 1 aromatic carbocycles. The second-order valence-corrected chi connectivity index (χ2v) is 4.61. The van der Waals surface area contributed by atoms with Crippen LogP contribution in [0.25, 0.3) is 0 Å². The number of hydrogen-bond acceptors (Lipinski definition) is 1. The molecule has 1 heteroatoms. The Morgan fingerprint density at radius 1 is 1.13 bits per heavy atom. The van der Waals surface area contributed by atoms with Gasteiger partial charge < -0.3 is 5.11 Å². The van der Waals surface area contributed by atoms with E-state index in [1.807, 2.05) is 12.1 Å². The summed E-state index contributed by atoms with van der Waals surface area (Å²) < 4.78 is 0. The van der Waals surface area contributed by atoms with Crippen molar-refractivity contribution in [2.75, 3.05) is 0 Å². The van der Waals surface area contributed by atoms with Gasteiger partial charge in [-0.1, -0.05) is 37.6 Å². The molecule has 0 aliphatic carbocycles. The molecule has 0 bridgehead atoms. The molecule has 82 valence electrons. The van der Waals surface area contributed by atoms with E-state index < -0.39 is 0 Å². The van der Waals surface area contributed by atoms with E-state index in [9.17, 15) is 5.11 Å². The number of allylic oxidation sites excluding steroid dienone is 2. The van der Waals surface area contributed by atoms with Crippen LogP contribution in [-0.2, 0) is 0 Å². The van der Waals surface area contributed by atoms with Gasteiger partial charge in [0.1, 0.15) is 5.75 Å². The Morgan fingerprint density at radius 2 is 1.67 bits per heavy atom. The molecule has 0 amide bonds. The monoisotopic (exact) mass is 204 g/mol.